The van der Waals surface area contributed by atoms with E-state index in [0.29, 0.717) is 6.54 Å². The van der Waals surface area contributed by atoms with Crippen LogP contribution in [0.5, 0.6) is 0 Å². The zero-order valence-electron chi connectivity index (χ0n) is 10.9. The van der Waals surface area contributed by atoms with Crippen molar-refractivity contribution in [1.82, 2.24) is 10.3 Å². The Morgan fingerprint density at radius 1 is 1.37 bits per heavy atom. The van der Waals surface area contributed by atoms with Gasteiger partial charge in [0.25, 0.3) is 0 Å². The standard InChI is InChI=1S/C14H16N2O2S/c1-9-5-13(19-10(9)2)8-15-7-12-4-3-11(6-16-12)14(17)18/h3-6,15H,7-8H2,1-2H3,(H,17,18). The lowest BCUT2D eigenvalue weighted by atomic mass is 10.2. The average molecular weight is 276 g/mol. The number of aromatic nitrogens is 1. The molecule has 0 bridgehead atoms. The first-order valence-corrected chi connectivity index (χ1v) is 6.83. The van der Waals surface area contributed by atoms with Gasteiger partial charge in [-0.3, -0.25) is 4.98 Å². The number of carboxylic acids is 1. The minimum atomic E-state index is -0.948. The molecule has 2 aromatic rings. The molecule has 0 aliphatic carbocycles. The van der Waals surface area contributed by atoms with Gasteiger partial charge in [-0.2, -0.15) is 0 Å². The molecule has 0 aliphatic rings. The van der Waals surface area contributed by atoms with E-state index >= 15 is 0 Å². The van der Waals surface area contributed by atoms with Crippen molar-refractivity contribution in [1.29, 1.82) is 0 Å². The molecule has 2 heterocycles. The molecule has 2 aromatic heterocycles. The Kier molecular flexibility index (Phi) is 4.29. The predicted molar refractivity (Wildman–Crippen MR) is 75.5 cm³/mol. The van der Waals surface area contributed by atoms with Crippen LogP contribution in [-0.4, -0.2) is 16.1 Å². The summed E-state index contributed by atoms with van der Waals surface area (Å²) in [6.07, 6.45) is 1.39. The van der Waals surface area contributed by atoms with E-state index in [1.807, 2.05) is 0 Å². The van der Waals surface area contributed by atoms with Crippen molar-refractivity contribution < 1.29 is 9.90 Å². The van der Waals surface area contributed by atoms with Gasteiger partial charge in [-0.25, -0.2) is 4.79 Å². The van der Waals surface area contributed by atoms with E-state index in [4.69, 9.17) is 5.11 Å². The van der Waals surface area contributed by atoms with Crippen LogP contribution in [0.1, 0.15) is 31.4 Å². The van der Waals surface area contributed by atoms with Crippen LogP contribution in [0.2, 0.25) is 0 Å². The van der Waals surface area contributed by atoms with Crippen molar-refractivity contribution in [2.24, 2.45) is 0 Å². The minimum Gasteiger partial charge on any atom is -0.478 e. The first-order valence-electron chi connectivity index (χ1n) is 6.01. The Balaban J connectivity index is 1.87. The first kappa shape index (κ1) is 13.7. The smallest absolute Gasteiger partial charge is 0.337 e. The van der Waals surface area contributed by atoms with Crippen molar-refractivity contribution >= 4 is 17.3 Å². The maximum atomic E-state index is 10.7. The Labute approximate surface area is 116 Å². The number of carboxylic acid groups (broad SMARTS) is 1. The van der Waals surface area contributed by atoms with E-state index in [2.05, 4.69) is 30.2 Å². The molecule has 5 heteroatoms. The van der Waals surface area contributed by atoms with E-state index in [1.165, 1.54) is 21.5 Å². The molecule has 0 spiro atoms. The summed E-state index contributed by atoms with van der Waals surface area (Å²) >= 11 is 1.80. The van der Waals surface area contributed by atoms with E-state index in [9.17, 15) is 4.79 Å². The van der Waals surface area contributed by atoms with Gasteiger partial charge < -0.3 is 10.4 Å². The Hall–Kier alpha value is -1.72. The lowest BCUT2D eigenvalue weighted by molar-refractivity contribution is 0.0696. The van der Waals surface area contributed by atoms with Crippen LogP contribution < -0.4 is 5.32 Å². The maximum Gasteiger partial charge on any atom is 0.337 e. The van der Waals surface area contributed by atoms with Crippen molar-refractivity contribution in [2.75, 3.05) is 0 Å². The number of hydrogen-bond donors (Lipinski definition) is 2. The lowest BCUT2D eigenvalue weighted by Gasteiger charge is -2.03. The summed E-state index contributed by atoms with van der Waals surface area (Å²) in [5.74, 6) is -0.948. The molecule has 100 valence electrons. The van der Waals surface area contributed by atoms with Crippen LogP contribution >= 0.6 is 11.3 Å². The molecular formula is C14H16N2O2S. The highest BCUT2D eigenvalue weighted by Gasteiger charge is 2.04. The second kappa shape index (κ2) is 5.95. The quantitative estimate of drug-likeness (QED) is 0.881. The second-order valence-electron chi connectivity index (χ2n) is 4.40. The Bertz CT molecular complexity index is 556. The third kappa shape index (κ3) is 3.62. The van der Waals surface area contributed by atoms with E-state index in [-0.39, 0.29) is 5.56 Å². The summed E-state index contributed by atoms with van der Waals surface area (Å²) in [6, 6.07) is 5.50. The molecule has 0 radical (unpaired) electrons. The fraction of sp³-hybridized carbons (Fsp3) is 0.286. The molecule has 0 saturated carbocycles. The monoisotopic (exact) mass is 276 g/mol. The number of carbonyl (C=O) groups is 1. The summed E-state index contributed by atoms with van der Waals surface area (Å²) in [4.78, 5) is 17.5. The van der Waals surface area contributed by atoms with Crippen LogP contribution in [0.15, 0.2) is 24.4 Å². The van der Waals surface area contributed by atoms with Gasteiger partial charge in [0, 0.05) is 29.0 Å². The van der Waals surface area contributed by atoms with Gasteiger partial charge in [0.2, 0.25) is 0 Å². The Morgan fingerprint density at radius 3 is 2.68 bits per heavy atom. The fourth-order valence-electron chi connectivity index (χ4n) is 1.71. The Morgan fingerprint density at radius 2 is 2.16 bits per heavy atom. The summed E-state index contributed by atoms with van der Waals surface area (Å²) in [6.45, 7) is 5.68. The zero-order valence-corrected chi connectivity index (χ0v) is 11.8. The van der Waals surface area contributed by atoms with Crippen molar-refractivity contribution in [3.63, 3.8) is 0 Å². The molecular weight excluding hydrogens is 260 g/mol. The number of thiophene rings is 1. The topological polar surface area (TPSA) is 62.2 Å². The van der Waals surface area contributed by atoms with Crippen molar-refractivity contribution in [3.8, 4) is 0 Å². The fourth-order valence-corrected chi connectivity index (χ4v) is 2.73. The zero-order chi connectivity index (χ0) is 13.8. The normalized spacial score (nSPS) is 10.6. The molecule has 4 nitrogen and oxygen atoms in total. The highest BCUT2D eigenvalue weighted by molar-refractivity contribution is 7.12. The number of nitrogens with zero attached hydrogens (tertiary/aromatic N) is 1. The van der Waals surface area contributed by atoms with Gasteiger partial charge in [-0.15, -0.1) is 11.3 Å². The summed E-state index contributed by atoms with van der Waals surface area (Å²) in [5.41, 5.74) is 2.38. The average Bonchev–Trinajstić information content (AvgIpc) is 2.69. The molecule has 0 aromatic carbocycles. The molecule has 19 heavy (non-hydrogen) atoms. The minimum absolute atomic E-state index is 0.216. The summed E-state index contributed by atoms with van der Waals surface area (Å²) in [7, 11) is 0. The number of pyridine rings is 1. The van der Waals surface area contributed by atoms with Crippen LogP contribution in [-0.2, 0) is 13.1 Å². The molecule has 0 aliphatic heterocycles. The lowest BCUT2D eigenvalue weighted by Crippen LogP contribution is -2.13. The van der Waals surface area contributed by atoms with E-state index in [0.717, 1.165) is 12.2 Å². The van der Waals surface area contributed by atoms with Crippen LogP contribution in [0.4, 0.5) is 0 Å². The molecule has 0 atom stereocenters. The van der Waals surface area contributed by atoms with Gasteiger partial charge in [0.1, 0.15) is 0 Å². The van der Waals surface area contributed by atoms with E-state index in [1.54, 1.807) is 23.5 Å². The second-order valence-corrected chi connectivity index (χ2v) is 5.74. The van der Waals surface area contributed by atoms with Gasteiger partial charge >= 0.3 is 5.97 Å². The SMILES string of the molecule is Cc1cc(CNCc2ccc(C(=O)O)cn2)sc1C. The first-order chi connectivity index (χ1) is 9.06. The maximum absolute atomic E-state index is 10.7. The molecule has 0 saturated heterocycles. The number of aromatic carboxylic acids is 1. The highest BCUT2D eigenvalue weighted by atomic mass is 32.1. The molecule has 0 amide bonds. The largest absolute Gasteiger partial charge is 0.478 e. The van der Waals surface area contributed by atoms with Crippen LogP contribution in [0.25, 0.3) is 0 Å². The van der Waals surface area contributed by atoms with Gasteiger partial charge in [0.15, 0.2) is 0 Å². The van der Waals surface area contributed by atoms with E-state index < -0.39 is 5.97 Å². The number of hydrogen-bond acceptors (Lipinski definition) is 4. The summed E-state index contributed by atoms with van der Waals surface area (Å²) in [5, 5.41) is 12.1. The third-order valence-electron chi connectivity index (χ3n) is 2.89. The molecule has 2 rings (SSSR count). The highest BCUT2D eigenvalue weighted by Crippen LogP contribution is 2.20. The number of nitrogens with one attached hydrogen (secondary N) is 1. The van der Waals surface area contributed by atoms with Crippen molar-refractivity contribution in [3.05, 3.63) is 51.0 Å². The number of aryl methyl sites for hydroxylation is 2. The predicted octanol–water partition coefficient (Wildman–Crippen LogP) is 2.75. The van der Waals surface area contributed by atoms with Crippen LogP contribution in [0, 0.1) is 13.8 Å². The van der Waals surface area contributed by atoms with Gasteiger partial charge in [0.05, 0.1) is 11.3 Å². The van der Waals surface area contributed by atoms with Crippen LogP contribution in [0.3, 0.4) is 0 Å². The van der Waals surface area contributed by atoms with Gasteiger partial charge in [-0.1, -0.05) is 0 Å². The third-order valence-corrected chi connectivity index (χ3v) is 4.05. The number of rotatable bonds is 5. The molecule has 2 N–H and O–H groups in total. The van der Waals surface area contributed by atoms with Gasteiger partial charge in [-0.05, 0) is 37.6 Å². The van der Waals surface area contributed by atoms with Crippen molar-refractivity contribution in [2.45, 2.75) is 26.9 Å². The molecule has 0 unspecified atom stereocenters. The summed E-state index contributed by atoms with van der Waals surface area (Å²) < 4.78 is 0. The molecule has 0 fully saturated rings.